The van der Waals surface area contributed by atoms with E-state index in [1.54, 1.807) is 11.4 Å². The molecular weight excluding hydrogens is 282 g/mol. The van der Waals surface area contributed by atoms with Crippen LogP contribution in [0.5, 0.6) is 0 Å². The van der Waals surface area contributed by atoms with Crippen LogP contribution in [0.1, 0.15) is 24.6 Å². The van der Waals surface area contributed by atoms with Crippen LogP contribution in [-0.2, 0) is 16.6 Å². The highest BCUT2D eigenvalue weighted by Crippen LogP contribution is 2.20. The molecule has 0 aromatic carbocycles. The molecule has 19 heavy (non-hydrogen) atoms. The maximum absolute atomic E-state index is 12.1. The summed E-state index contributed by atoms with van der Waals surface area (Å²) in [6.07, 6.45) is 2.21. The van der Waals surface area contributed by atoms with Crippen molar-refractivity contribution in [1.29, 1.82) is 0 Å². The molecule has 0 spiro atoms. The molecule has 1 aliphatic heterocycles. The minimum Gasteiger partial charge on any atom is -0.326 e. The van der Waals surface area contributed by atoms with Gasteiger partial charge in [-0.25, -0.2) is 13.1 Å². The Balaban J connectivity index is 1.97. The minimum absolute atomic E-state index is 0.326. The number of hydrogen-bond donors (Lipinski definition) is 2. The van der Waals surface area contributed by atoms with E-state index >= 15 is 0 Å². The van der Waals surface area contributed by atoms with Gasteiger partial charge in [0.05, 0.1) is 4.90 Å². The molecule has 1 saturated heterocycles. The van der Waals surface area contributed by atoms with Gasteiger partial charge in [0, 0.05) is 29.4 Å². The SMILES string of the molecule is CCN1CCCC1CNS(=O)(=O)c1csc(CN)c1. The number of hydrogen-bond acceptors (Lipinski definition) is 5. The number of thiophene rings is 1. The fraction of sp³-hybridized carbons (Fsp3) is 0.667. The van der Waals surface area contributed by atoms with Gasteiger partial charge in [-0.05, 0) is 32.0 Å². The zero-order valence-electron chi connectivity index (χ0n) is 11.1. The lowest BCUT2D eigenvalue weighted by atomic mass is 10.2. The van der Waals surface area contributed by atoms with Gasteiger partial charge in [-0.15, -0.1) is 11.3 Å². The van der Waals surface area contributed by atoms with E-state index in [9.17, 15) is 8.42 Å². The number of nitrogens with zero attached hydrogens (tertiary/aromatic N) is 1. The maximum atomic E-state index is 12.1. The van der Waals surface area contributed by atoms with Crippen LogP contribution in [-0.4, -0.2) is 39.0 Å². The van der Waals surface area contributed by atoms with Crippen molar-refractivity contribution >= 4 is 21.4 Å². The summed E-state index contributed by atoms with van der Waals surface area (Å²) in [5, 5.41) is 1.65. The second kappa shape index (κ2) is 6.32. The number of nitrogens with one attached hydrogen (secondary N) is 1. The monoisotopic (exact) mass is 303 g/mol. The molecular formula is C12H21N3O2S2. The molecule has 1 fully saturated rings. The summed E-state index contributed by atoms with van der Waals surface area (Å²) in [6.45, 7) is 5.02. The third-order valence-corrected chi connectivity index (χ3v) is 6.07. The summed E-state index contributed by atoms with van der Waals surface area (Å²) >= 11 is 1.38. The van der Waals surface area contributed by atoms with Gasteiger partial charge in [0.25, 0.3) is 0 Å². The van der Waals surface area contributed by atoms with E-state index in [0.717, 1.165) is 30.8 Å². The van der Waals surface area contributed by atoms with Crippen molar-refractivity contribution in [3.05, 3.63) is 16.3 Å². The van der Waals surface area contributed by atoms with E-state index in [1.165, 1.54) is 11.3 Å². The standard InChI is InChI=1S/C12H21N3O2S2/c1-2-15-5-3-4-10(15)8-14-19(16,17)12-6-11(7-13)18-9-12/h6,9-10,14H,2-5,7-8,13H2,1H3. The van der Waals surface area contributed by atoms with Crippen LogP contribution >= 0.6 is 11.3 Å². The van der Waals surface area contributed by atoms with Gasteiger partial charge in [0.2, 0.25) is 10.0 Å². The number of likely N-dealkylation sites (tertiary alicyclic amines) is 1. The summed E-state index contributed by atoms with van der Waals surface area (Å²) in [6, 6.07) is 1.98. The van der Waals surface area contributed by atoms with Crippen LogP contribution in [0, 0.1) is 0 Å². The van der Waals surface area contributed by atoms with E-state index < -0.39 is 10.0 Å². The van der Waals surface area contributed by atoms with Crippen LogP contribution in [0.15, 0.2) is 16.3 Å². The molecule has 0 amide bonds. The van der Waals surface area contributed by atoms with Crippen molar-refractivity contribution in [2.75, 3.05) is 19.6 Å². The lowest BCUT2D eigenvalue weighted by molar-refractivity contribution is 0.268. The van der Waals surface area contributed by atoms with E-state index in [0.29, 0.717) is 24.0 Å². The van der Waals surface area contributed by atoms with Gasteiger partial charge in [-0.2, -0.15) is 0 Å². The quantitative estimate of drug-likeness (QED) is 0.821. The molecule has 3 N–H and O–H groups in total. The molecule has 0 aliphatic carbocycles. The lowest BCUT2D eigenvalue weighted by Crippen LogP contribution is -2.39. The van der Waals surface area contributed by atoms with Crippen molar-refractivity contribution in [1.82, 2.24) is 9.62 Å². The molecule has 0 saturated carbocycles. The average molecular weight is 303 g/mol. The average Bonchev–Trinajstić information content (AvgIpc) is 3.05. The number of sulfonamides is 1. The number of rotatable bonds is 6. The minimum atomic E-state index is -3.39. The second-order valence-electron chi connectivity index (χ2n) is 4.73. The van der Waals surface area contributed by atoms with Gasteiger partial charge in [0.15, 0.2) is 0 Å². The molecule has 1 aromatic heterocycles. The summed E-state index contributed by atoms with van der Waals surface area (Å²) in [4.78, 5) is 3.54. The summed E-state index contributed by atoms with van der Waals surface area (Å²) in [5.74, 6) is 0. The Morgan fingerprint density at radius 3 is 3.00 bits per heavy atom. The van der Waals surface area contributed by atoms with Gasteiger partial charge in [0.1, 0.15) is 0 Å². The maximum Gasteiger partial charge on any atom is 0.241 e. The first kappa shape index (κ1) is 14.9. The highest BCUT2D eigenvalue weighted by atomic mass is 32.2. The number of nitrogens with two attached hydrogens (primary N) is 1. The van der Waals surface area contributed by atoms with Crippen LogP contribution < -0.4 is 10.5 Å². The largest absolute Gasteiger partial charge is 0.326 e. The molecule has 1 unspecified atom stereocenters. The van der Waals surface area contributed by atoms with E-state index in [2.05, 4.69) is 16.5 Å². The zero-order valence-corrected chi connectivity index (χ0v) is 12.8. The molecule has 0 radical (unpaired) electrons. The summed E-state index contributed by atoms with van der Waals surface area (Å²) in [7, 11) is -3.39. The van der Waals surface area contributed by atoms with Crippen LogP contribution in [0.4, 0.5) is 0 Å². The molecule has 5 nitrogen and oxygen atoms in total. The van der Waals surface area contributed by atoms with E-state index in [4.69, 9.17) is 5.73 Å². The van der Waals surface area contributed by atoms with Gasteiger partial charge in [-0.1, -0.05) is 6.92 Å². The Morgan fingerprint density at radius 2 is 2.37 bits per heavy atom. The molecule has 108 valence electrons. The van der Waals surface area contributed by atoms with Gasteiger partial charge < -0.3 is 5.73 Å². The molecule has 2 heterocycles. The Labute approximate surface area is 118 Å². The molecule has 1 aromatic rings. The third-order valence-electron chi connectivity index (χ3n) is 3.56. The normalized spacial score (nSPS) is 21.1. The molecule has 1 aliphatic rings. The third kappa shape index (κ3) is 3.55. The first-order valence-corrected chi connectivity index (χ1v) is 8.94. The fourth-order valence-corrected chi connectivity index (χ4v) is 4.67. The van der Waals surface area contributed by atoms with Crippen LogP contribution in [0.25, 0.3) is 0 Å². The van der Waals surface area contributed by atoms with Crippen LogP contribution in [0.3, 0.4) is 0 Å². The summed E-state index contributed by atoms with van der Waals surface area (Å²) in [5.41, 5.74) is 5.50. The van der Waals surface area contributed by atoms with E-state index in [-0.39, 0.29) is 0 Å². The lowest BCUT2D eigenvalue weighted by Gasteiger charge is -2.22. The van der Waals surface area contributed by atoms with Gasteiger partial charge in [-0.3, -0.25) is 4.90 Å². The Hall–Kier alpha value is -0.470. The Kier molecular flexibility index (Phi) is 4.97. The topological polar surface area (TPSA) is 75.4 Å². The molecule has 1 atom stereocenters. The summed E-state index contributed by atoms with van der Waals surface area (Å²) < 4.78 is 27.0. The Bertz CT molecular complexity index is 513. The van der Waals surface area contributed by atoms with Crippen molar-refractivity contribution in [2.24, 2.45) is 5.73 Å². The first-order valence-electron chi connectivity index (χ1n) is 6.58. The Morgan fingerprint density at radius 1 is 1.58 bits per heavy atom. The van der Waals surface area contributed by atoms with E-state index in [1.807, 2.05) is 0 Å². The molecule has 7 heteroatoms. The van der Waals surface area contributed by atoms with Crippen molar-refractivity contribution in [3.63, 3.8) is 0 Å². The predicted octanol–water partition coefficient (Wildman–Crippen LogP) is 0.969. The zero-order chi connectivity index (χ0) is 13.9. The van der Waals surface area contributed by atoms with Crippen LogP contribution in [0.2, 0.25) is 0 Å². The first-order chi connectivity index (χ1) is 9.06. The molecule has 0 bridgehead atoms. The fourth-order valence-electron chi connectivity index (χ4n) is 2.44. The van der Waals surface area contributed by atoms with Crippen molar-refractivity contribution < 1.29 is 8.42 Å². The van der Waals surface area contributed by atoms with Crippen molar-refractivity contribution in [3.8, 4) is 0 Å². The smallest absolute Gasteiger partial charge is 0.241 e. The highest BCUT2D eigenvalue weighted by Gasteiger charge is 2.25. The number of likely N-dealkylation sites (N-methyl/N-ethyl adjacent to an activating group) is 1. The van der Waals surface area contributed by atoms with Gasteiger partial charge >= 0.3 is 0 Å². The van der Waals surface area contributed by atoms with Crippen molar-refractivity contribution in [2.45, 2.75) is 37.2 Å². The predicted molar refractivity (Wildman–Crippen MR) is 77.7 cm³/mol. The second-order valence-corrected chi connectivity index (χ2v) is 7.49. The highest BCUT2D eigenvalue weighted by molar-refractivity contribution is 7.89. The molecule has 2 rings (SSSR count).